The molecule has 29 heavy (non-hydrogen) atoms. The van der Waals surface area contributed by atoms with Crippen molar-refractivity contribution in [2.24, 2.45) is 0 Å². The number of rotatable bonds is 5. The van der Waals surface area contributed by atoms with Gasteiger partial charge in [-0.15, -0.1) is 0 Å². The summed E-state index contributed by atoms with van der Waals surface area (Å²) in [6.07, 6.45) is 1.30. The molecular weight excluding hydrogens is 370 g/mol. The monoisotopic (exact) mass is 393 g/mol. The average Bonchev–Trinajstić information content (AvgIpc) is 2.69. The molecule has 1 aliphatic heterocycles. The van der Waals surface area contributed by atoms with Crippen LogP contribution in [0.1, 0.15) is 25.0 Å². The van der Waals surface area contributed by atoms with Crippen molar-refractivity contribution in [2.75, 3.05) is 22.9 Å². The number of hydrogen-bond acceptors (Lipinski definition) is 5. The maximum absolute atomic E-state index is 12.9. The quantitative estimate of drug-likeness (QED) is 0.601. The fourth-order valence-corrected chi connectivity index (χ4v) is 3.18. The van der Waals surface area contributed by atoms with Crippen molar-refractivity contribution in [1.82, 2.24) is 5.32 Å². The van der Waals surface area contributed by atoms with E-state index in [4.69, 9.17) is 0 Å². The minimum Gasteiger partial charge on any atom is -0.507 e. The van der Waals surface area contributed by atoms with Gasteiger partial charge in [0.25, 0.3) is 11.8 Å². The maximum atomic E-state index is 12.9. The summed E-state index contributed by atoms with van der Waals surface area (Å²) in [5.74, 6) is -1.59. The molecule has 0 saturated carbocycles. The van der Waals surface area contributed by atoms with Crippen molar-refractivity contribution in [3.8, 4) is 5.75 Å². The van der Waals surface area contributed by atoms with Crippen LogP contribution in [0.2, 0.25) is 0 Å². The summed E-state index contributed by atoms with van der Waals surface area (Å²) in [6, 6.07) is 11.1. The number of carbonyl (C=O) groups is 3. The molecule has 4 amide bonds. The number of imide groups is 2. The summed E-state index contributed by atoms with van der Waals surface area (Å²) >= 11 is 0. The van der Waals surface area contributed by atoms with Crippen molar-refractivity contribution in [1.29, 1.82) is 0 Å². The number of carbonyl (C=O) groups excluding carboxylic acids is 3. The van der Waals surface area contributed by atoms with Gasteiger partial charge in [-0.1, -0.05) is 17.7 Å². The molecule has 2 N–H and O–H groups in total. The van der Waals surface area contributed by atoms with Gasteiger partial charge in [0.05, 0.1) is 5.69 Å². The van der Waals surface area contributed by atoms with Gasteiger partial charge in [0.15, 0.2) is 0 Å². The molecule has 1 saturated heterocycles. The Bertz CT molecular complexity index is 992. The third-order valence-corrected chi connectivity index (χ3v) is 4.84. The van der Waals surface area contributed by atoms with E-state index in [2.05, 4.69) is 10.2 Å². The van der Waals surface area contributed by atoms with Gasteiger partial charge in [-0.3, -0.25) is 14.9 Å². The highest BCUT2D eigenvalue weighted by Crippen LogP contribution is 2.28. The summed E-state index contributed by atoms with van der Waals surface area (Å²) in [4.78, 5) is 40.4. The number of amides is 4. The van der Waals surface area contributed by atoms with Crippen LogP contribution in [0, 0.1) is 6.92 Å². The topological polar surface area (TPSA) is 90.0 Å². The smallest absolute Gasteiger partial charge is 0.335 e. The highest BCUT2D eigenvalue weighted by molar-refractivity contribution is 6.39. The fraction of sp³-hybridized carbons (Fsp3) is 0.227. The molecule has 150 valence electrons. The minimum absolute atomic E-state index is 0.0544. The molecule has 3 rings (SSSR count). The number of phenolic OH excluding ortho intramolecular Hbond substituents is 1. The number of aryl methyl sites for hydroxylation is 1. The van der Waals surface area contributed by atoms with E-state index in [1.54, 1.807) is 36.4 Å². The number of urea groups is 1. The van der Waals surface area contributed by atoms with Crippen LogP contribution in [-0.4, -0.2) is 36.0 Å². The van der Waals surface area contributed by atoms with Gasteiger partial charge in [0.2, 0.25) is 0 Å². The van der Waals surface area contributed by atoms with Gasteiger partial charge in [0.1, 0.15) is 11.3 Å². The van der Waals surface area contributed by atoms with Gasteiger partial charge >= 0.3 is 6.03 Å². The molecule has 0 radical (unpaired) electrons. The molecule has 0 atom stereocenters. The standard InChI is InChI=1S/C22H23N3O4/c1-4-24(5-2)17-11-8-15(19(26)13-17)12-18-20(27)23-22(29)25(21(18)28)16-9-6-14(3)7-10-16/h6-13,26H,4-5H2,1-3H3,(H,23,27,29). The number of nitrogens with one attached hydrogen (secondary N) is 1. The number of aromatic hydroxyl groups is 1. The molecule has 1 aliphatic rings. The number of benzene rings is 2. The summed E-state index contributed by atoms with van der Waals surface area (Å²) in [7, 11) is 0. The van der Waals surface area contributed by atoms with Crippen molar-refractivity contribution < 1.29 is 19.5 Å². The summed E-state index contributed by atoms with van der Waals surface area (Å²) in [6.45, 7) is 7.48. The highest BCUT2D eigenvalue weighted by atomic mass is 16.3. The largest absolute Gasteiger partial charge is 0.507 e. The van der Waals surface area contributed by atoms with Crippen LogP contribution in [-0.2, 0) is 9.59 Å². The molecule has 7 heteroatoms. The van der Waals surface area contributed by atoms with Crippen LogP contribution in [0.4, 0.5) is 16.2 Å². The lowest BCUT2D eigenvalue weighted by Gasteiger charge is -2.26. The molecule has 2 aromatic rings. The van der Waals surface area contributed by atoms with E-state index in [0.717, 1.165) is 29.2 Å². The number of anilines is 2. The van der Waals surface area contributed by atoms with Crippen LogP contribution >= 0.6 is 0 Å². The fourth-order valence-electron chi connectivity index (χ4n) is 3.18. The molecule has 1 fully saturated rings. The van der Waals surface area contributed by atoms with Gasteiger partial charge in [-0.05, 0) is 51.1 Å². The van der Waals surface area contributed by atoms with E-state index in [0.29, 0.717) is 11.3 Å². The first-order chi connectivity index (χ1) is 13.8. The lowest BCUT2D eigenvalue weighted by molar-refractivity contribution is -0.122. The Morgan fingerprint density at radius 3 is 2.28 bits per heavy atom. The molecule has 0 aliphatic carbocycles. The van der Waals surface area contributed by atoms with E-state index < -0.39 is 17.8 Å². The number of phenols is 1. The summed E-state index contributed by atoms with van der Waals surface area (Å²) in [5, 5.41) is 12.6. The summed E-state index contributed by atoms with van der Waals surface area (Å²) in [5.41, 5.74) is 2.26. The zero-order chi connectivity index (χ0) is 21.1. The Kier molecular flexibility index (Phi) is 5.68. The zero-order valence-corrected chi connectivity index (χ0v) is 16.6. The van der Waals surface area contributed by atoms with E-state index in [1.807, 2.05) is 26.8 Å². The SMILES string of the molecule is CCN(CC)c1ccc(C=C2C(=O)NC(=O)N(c3ccc(C)cc3)C2=O)c(O)c1. The Balaban J connectivity index is 1.97. The molecule has 2 aromatic carbocycles. The Hall–Kier alpha value is -3.61. The van der Waals surface area contributed by atoms with Crippen molar-refractivity contribution >= 4 is 35.3 Å². The number of barbiturate groups is 1. The van der Waals surface area contributed by atoms with Crippen LogP contribution in [0.3, 0.4) is 0 Å². The van der Waals surface area contributed by atoms with Gasteiger partial charge in [-0.25, -0.2) is 9.69 Å². The molecule has 0 bridgehead atoms. The second-order valence-electron chi connectivity index (χ2n) is 6.71. The Labute approximate surface area is 169 Å². The highest BCUT2D eigenvalue weighted by Gasteiger charge is 2.36. The average molecular weight is 393 g/mol. The molecular formula is C22H23N3O4. The first-order valence-corrected chi connectivity index (χ1v) is 9.41. The van der Waals surface area contributed by atoms with E-state index in [-0.39, 0.29) is 11.3 Å². The molecule has 0 spiro atoms. The van der Waals surface area contributed by atoms with Gasteiger partial charge in [-0.2, -0.15) is 0 Å². The van der Waals surface area contributed by atoms with Gasteiger partial charge < -0.3 is 10.0 Å². The Morgan fingerprint density at radius 2 is 1.69 bits per heavy atom. The zero-order valence-electron chi connectivity index (χ0n) is 16.6. The van der Waals surface area contributed by atoms with E-state index in [9.17, 15) is 19.5 Å². The summed E-state index contributed by atoms with van der Waals surface area (Å²) < 4.78 is 0. The maximum Gasteiger partial charge on any atom is 0.335 e. The van der Waals surface area contributed by atoms with Crippen LogP contribution in [0.15, 0.2) is 48.0 Å². The van der Waals surface area contributed by atoms with Gasteiger partial charge in [0, 0.05) is 30.4 Å². The number of nitrogens with zero attached hydrogens (tertiary/aromatic N) is 2. The lowest BCUT2D eigenvalue weighted by atomic mass is 10.0. The van der Waals surface area contributed by atoms with Crippen LogP contribution in [0.25, 0.3) is 6.08 Å². The predicted molar refractivity (Wildman–Crippen MR) is 112 cm³/mol. The molecule has 0 aromatic heterocycles. The Morgan fingerprint density at radius 1 is 1.03 bits per heavy atom. The third kappa shape index (κ3) is 3.99. The molecule has 0 unspecified atom stereocenters. The minimum atomic E-state index is -0.804. The first-order valence-electron chi connectivity index (χ1n) is 9.41. The normalized spacial score (nSPS) is 15.6. The van der Waals surface area contributed by atoms with Crippen molar-refractivity contribution in [3.63, 3.8) is 0 Å². The van der Waals surface area contributed by atoms with E-state index in [1.165, 1.54) is 6.08 Å². The van der Waals surface area contributed by atoms with Crippen molar-refractivity contribution in [2.45, 2.75) is 20.8 Å². The molecule has 1 heterocycles. The van der Waals surface area contributed by atoms with E-state index >= 15 is 0 Å². The third-order valence-electron chi connectivity index (χ3n) is 4.84. The van der Waals surface area contributed by atoms with Crippen LogP contribution in [0.5, 0.6) is 5.75 Å². The van der Waals surface area contributed by atoms with Crippen LogP contribution < -0.4 is 15.1 Å². The molecule has 7 nitrogen and oxygen atoms in total. The second-order valence-corrected chi connectivity index (χ2v) is 6.71. The first kappa shape index (κ1) is 20.1. The lowest BCUT2D eigenvalue weighted by Crippen LogP contribution is -2.54. The van der Waals surface area contributed by atoms with Crippen molar-refractivity contribution in [3.05, 3.63) is 59.2 Å². The predicted octanol–water partition coefficient (Wildman–Crippen LogP) is 3.21. The number of hydrogen-bond donors (Lipinski definition) is 2. The second kappa shape index (κ2) is 8.18.